The molecule has 78 valence electrons. The maximum atomic E-state index is 11.2. The molecule has 0 aliphatic rings. The van der Waals surface area contributed by atoms with Crippen molar-refractivity contribution in [3.8, 4) is 0 Å². The molecule has 0 saturated carbocycles. The lowest BCUT2D eigenvalue weighted by Crippen LogP contribution is -2.08. The number of rotatable bonds is 4. The molecule has 1 heterocycles. The minimum Gasteiger partial charge on any atom is -0.461 e. The van der Waals surface area contributed by atoms with E-state index in [4.69, 9.17) is 10.5 Å². The lowest BCUT2D eigenvalue weighted by molar-refractivity contribution is 0.0481. The Hall–Kier alpha value is -1.52. The highest BCUT2D eigenvalue weighted by Gasteiger charge is 2.12. The molecule has 0 bridgehead atoms. The number of hydrogen-bond donors (Lipinski definition) is 1. The molecule has 2 N–H and O–H groups in total. The molecule has 0 aromatic carbocycles. The van der Waals surface area contributed by atoms with E-state index in [0.29, 0.717) is 12.5 Å². The van der Waals surface area contributed by atoms with Crippen LogP contribution in [0.4, 0.5) is 6.01 Å². The molecule has 1 aromatic heterocycles. The third-order valence-electron chi connectivity index (χ3n) is 1.66. The van der Waals surface area contributed by atoms with Crippen molar-refractivity contribution in [2.24, 2.45) is 5.92 Å². The minimum absolute atomic E-state index is 0.0270. The fourth-order valence-corrected chi connectivity index (χ4v) is 0.843. The van der Waals surface area contributed by atoms with Gasteiger partial charge in [-0.05, 0) is 12.3 Å². The Kier molecular flexibility index (Phi) is 3.50. The Morgan fingerprint density at radius 1 is 1.71 bits per heavy atom. The van der Waals surface area contributed by atoms with Crippen molar-refractivity contribution in [3.05, 3.63) is 12.0 Å². The number of nitrogens with two attached hydrogens (primary N) is 1. The van der Waals surface area contributed by atoms with E-state index in [1.807, 2.05) is 0 Å². The van der Waals surface area contributed by atoms with E-state index < -0.39 is 5.97 Å². The lowest BCUT2D eigenvalue weighted by atomic mass is 10.1. The molecule has 0 spiro atoms. The van der Waals surface area contributed by atoms with E-state index in [2.05, 4.69) is 23.2 Å². The second-order valence-electron chi connectivity index (χ2n) is 3.39. The van der Waals surface area contributed by atoms with Crippen molar-refractivity contribution in [2.45, 2.75) is 20.3 Å². The zero-order valence-corrected chi connectivity index (χ0v) is 8.32. The summed E-state index contributed by atoms with van der Waals surface area (Å²) in [6.45, 7) is 4.51. The molecule has 1 rings (SSSR count). The van der Waals surface area contributed by atoms with Crippen molar-refractivity contribution < 1.29 is 13.9 Å². The number of oxazole rings is 1. The first-order chi connectivity index (χ1) is 6.59. The van der Waals surface area contributed by atoms with Gasteiger partial charge in [0.1, 0.15) is 6.26 Å². The van der Waals surface area contributed by atoms with Gasteiger partial charge in [0, 0.05) is 0 Å². The van der Waals surface area contributed by atoms with E-state index in [0.717, 1.165) is 6.42 Å². The summed E-state index contributed by atoms with van der Waals surface area (Å²) in [5.74, 6) is 0.0104. The van der Waals surface area contributed by atoms with Gasteiger partial charge in [0.15, 0.2) is 5.69 Å². The molecule has 5 nitrogen and oxygen atoms in total. The molecule has 1 aromatic rings. The van der Waals surface area contributed by atoms with E-state index in [9.17, 15) is 4.79 Å². The predicted molar refractivity (Wildman–Crippen MR) is 50.7 cm³/mol. The molecule has 5 heteroatoms. The number of ether oxygens (including phenoxy) is 1. The normalized spacial score (nSPS) is 10.5. The number of esters is 1. The van der Waals surface area contributed by atoms with E-state index in [1.54, 1.807) is 0 Å². The first-order valence-electron chi connectivity index (χ1n) is 4.47. The maximum Gasteiger partial charge on any atom is 0.360 e. The molecule has 0 fully saturated rings. The van der Waals surface area contributed by atoms with Gasteiger partial charge in [0.05, 0.1) is 6.61 Å². The van der Waals surface area contributed by atoms with Crippen LogP contribution in [-0.4, -0.2) is 17.6 Å². The Morgan fingerprint density at radius 3 is 2.93 bits per heavy atom. The Balaban J connectivity index is 2.36. The fraction of sp³-hybridized carbons (Fsp3) is 0.556. The predicted octanol–water partition coefficient (Wildman–Crippen LogP) is 1.46. The number of anilines is 1. The summed E-state index contributed by atoms with van der Waals surface area (Å²) in [5, 5.41) is 0. The molecular weight excluding hydrogens is 184 g/mol. The summed E-state index contributed by atoms with van der Waals surface area (Å²) in [4.78, 5) is 14.9. The van der Waals surface area contributed by atoms with Crippen LogP contribution < -0.4 is 5.73 Å². The van der Waals surface area contributed by atoms with Crippen molar-refractivity contribution in [3.63, 3.8) is 0 Å². The third-order valence-corrected chi connectivity index (χ3v) is 1.66. The molecule has 0 unspecified atom stereocenters. The van der Waals surface area contributed by atoms with Crippen molar-refractivity contribution in [1.82, 2.24) is 4.98 Å². The third kappa shape index (κ3) is 3.08. The Bertz CT molecular complexity index is 307. The topological polar surface area (TPSA) is 78.3 Å². The first-order valence-corrected chi connectivity index (χ1v) is 4.47. The Labute approximate surface area is 82.2 Å². The Morgan fingerprint density at radius 2 is 2.43 bits per heavy atom. The SMILES string of the molecule is CC(C)CCOC(=O)c1coc(N)n1. The molecule has 14 heavy (non-hydrogen) atoms. The maximum absolute atomic E-state index is 11.2. The highest BCUT2D eigenvalue weighted by molar-refractivity contribution is 5.87. The van der Waals surface area contributed by atoms with Gasteiger partial charge in [-0.2, -0.15) is 4.98 Å². The highest BCUT2D eigenvalue weighted by Crippen LogP contribution is 2.06. The summed E-state index contributed by atoms with van der Waals surface area (Å²) in [6.07, 6.45) is 2.02. The summed E-state index contributed by atoms with van der Waals surface area (Å²) < 4.78 is 9.61. The standard InChI is InChI=1S/C9H14N2O3/c1-6(2)3-4-13-8(12)7-5-14-9(10)11-7/h5-6H,3-4H2,1-2H3,(H2,10,11). The van der Waals surface area contributed by atoms with Crippen LogP contribution in [0.15, 0.2) is 10.7 Å². The lowest BCUT2D eigenvalue weighted by Gasteiger charge is -2.04. The number of nitrogen functional groups attached to an aromatic ring is 1. The molecule has 0 amide bonds. The van der Waals surface area contributed by atoms with Gasteiger partial charge >= 0.3 is 5.97 Å². The fourth-order valence-electron chi connectivity index (χ4n) is 0.843. The molecule has 0 radical (unpaired) electrons. The monoisotopic (exact) mass is 198 g/mol. The van der Waals surface area contributed by atoms with Crippen LogP contribution in [0.1, 0.15) is 30.8 Å². The average Bonchev–Trinajstić information content (AvgIpc) is 2.51. The molecule has 0 saturated heterocycles. The number of hydrogen-bond acceptors (Lipinski definition) is 5. The largest absolute Gasteiger partial charge is 0.461 e. The minimum atomic E-state index is -0.494. The van der Waals surface area contributed by atoms with Gasteiger partial charge in [-0.3, -0.25) is 0 Å². The average molecular weight is 198 g/mol. The van der Waals surface area contributed by atoms with Crippen molar-refractivity contribution >= 4 is 12.0 Å². The van der Waals surface area contributed by atoms with Crippen LogP contribution in [-0.2, 0) is 4.74 Å². The molecule has 0 atom stereocenters. The van der Waals surface area contributed by atoms with Crippen LogP contribution in [0.25, 0.3) is 0 Å². The van der Waals surface area contributed by atoms with Crippen LogP contribution in [0.3, 0.4) is 0 Å². The summed E-state index contributed by atoms with van der Waals surface area (Å²) in [6, 6.07) is -0.0270. The zero-order chi connectivity index (χ0) is 10.6. The van der Waals surface area contributed by atoms with Gasteiger partial charge in [-0.25, -0.2) is 4.79 Å². The van der Waals surface area contributed by atoms with Gasteiger partial charge in [0.25, 0.3) is 6.01 Å². The van der Waals surface area contributed by atoms with Crippen molar-refractivity contribution in [2.75, 3.05) is 12.3 Å². The van der Waals surface area contributed by atoms with Crippen LogP contribution in [0.2, 0.25) is 0 Å². The van der Waals surface area contributed by atoms with Crippen LogP contribution >= 0.6 is 0 Å². The van der Waals surface area contributed by atoms with E-state index >= 15 is 0 Å². The number of nitrogens with zero attached hydrogens (tertiary/aromatic N) is 1. The second kappa shape index (κ2) is 4.64. The van der Waals surface area contributed by atoms with Gasteiger partial charge in [0.2, 0.25) is 0 Å². The van der Waals surface area contributed by atoms with E-state index in [-0.39, 0.29) is 11.7 Å². The quantitative estimate of drug-likeness (QED) is 0.741. The zero-order valence-electron chi connectivity index (χ0n) is 8.32. The number of carbonyl (C=O) groups is 1. The first kappa shape index (κ1) is 10.6. The molecule has 0 aliphatic carbocycles. The van der Waals surface area contributed by atoms with Gasteiger partial charge in [-0.15, -0.1) is 0 Å². The summed E-state index contributed by atoms with van der Waals surface area (Å²) in [5.41, 5.74) is 5.32. The molecular formula is C9H14N2O3. The van der Waals surface area contributed by atoms with Gasteiger partial charge in [-0.1, -0.05) is 13.8 Å². The number of aromatic nitrogens is 1. The van der Waals surface area contributed by atoms with Crippen LogP contribution in [0.5, 0.6) is 0 Å². The number of carbonyl (C=O) groups excluding carboxylic acids is 1. The molecule has 0 aliphatic heterocycles. The van der Waals surface area contributed by atoms with Crippen LogP contribution in [0, 0.1) is 5.92 Å². The van der Waals surface area contributed by atoms with E-state index in [1.165, 1.54) is 6.26 Å². The van der Waals surface area contributed by atoms with Gasteiger partial charge < -0.3 is 14.9 Å². The second-order valence-corrected chi connectivity index (χ2v) is 3.39. The smallest absolute Gasteiger partial charge is 0.360 e. The summed E-state index contributed by atoms with van der Waals surface area (Å²) >= 11 is 0. The highest BCUT2D eigenvalue weighted by atomic mass is 16.5. The van der Waals surface area contributed by atoms with Crippen molar-refractivity contribution in [1.29, 1.82) is 0 Å². The summed E-state index contributed by atoms with van der Waals surface area (Å²) in [7, 11) is 0.